The maximum atomic E-state index is 12.3. The van der Waals surface area contributed by atoms with E-state index in [-0.39, 0.29) is 23.3 Å². The van der Waals surface area contributed by atoms with E-state index in [0.29, 0.717) is 6.10 Å². The zero-order valence-corrected chi connectivity index (χ0v) is 13.2. The molecular weight excluding hydrogens is 252 g/mol. The molecule has 2 rings (SSSR count). The molecule has 0 aromatic heterocycles. The molecule has 2 fully saturated rings. The SMILES string of the molecule is CCCCOC1CC(NC(=O)C2CCNCC2)C1(C)C. The van der Waals surface area contributed by atoms with Gasteiger partial charge in [-0.2, -0.15) is 0 Å². The molecule has 1 saturated heterocycles. The quantitative estimate of drug-likeness (QED) is 0.733. The number of rotatable bonds is 6. The first-order chi connectivity index (χ1) is 9.55. The molecule has 1 aliphatic carbocycles. The first kappa shape index (κ1) is 15.8. The molecule has 1 aliphatic heterocycles. The lowest BCUT2D eigenvalue weighted by molar-refractivity contribution is -0.141. The van der Waals surface area contributed by atoms with Gasteiger partial charge in [-0.05, 0) is 38.8 Å². The van der Waals surface area contributed by atoms with Gasteiger partial charge in [-0.1, -0.05) is 27.2 Å². The van der Waals surface area contributed by atoms with Crippen LogP contribution in [0.2, 0.25) is 0 Å². The van der Waals surface area contributed by atoms with Crippen LogP contribution in [0.5, 0.6) is 0 Å². The minimum Gasteiger partial charge on any atom is -0.378 e. The van der Waals surface area contributed by atoms with E-state index in [1.165, 1.54) is 6.42 Å². The van der Waals surface area contributed by atoms with Crippen molar-refractivity contribution in [2.24, 2.45) is 11.3 Å². The van der Waals surface area contributed by atoms with Crippen molar-refractivity contribution >= 4 is 5.91 Å². The van der Waals surface area contributed by atoms with E-state index in [0.717, 1.165) is 45.4 Å². The minimum atomic E-state index is 0.0658. The molecule has 4 heteroatoms. The highest BCUT2D eigenvalue weighted by molar-refractivity contribution is 5.79. The Morgan fingerprint density at radius 3 is 2.65 bits per heavy atom. The lowest BCUT2D eigenvalue weighted by Gasteiger charge is -2.52. The molecule has 2 unspecified atom stereocenters. The Labute approximate surface area is 123 Å². The topological polar surface area (TPSA) is 50.4 Å². The van der Waals surface area contributed by atoms with Crippen LogP contribution in [0.4, 0.5) is 0 Å². The van der Waals surface area contributed by atoms with Gasteiger partial charge in [-0.25, -0.2) is 0 Å². The second-order valence-corrected chi connectivity index (χ2v) is 6.86. The lowest BCUT2D eigenvalue weighted by atomic mass is 9.64. The first-order valence-electron chi connectivity index (χ1n) is 8.18. The highest BCUT2D eigenvalue weighted by Crippen LogP contribution is 2.43. The molecule has 2 aliphatic rings. The summed E-state index contributed by atoms with van der Waals surface area (Å²) in [7, 11) is 0. The molecule has 1 heterocycles. The first-order valence-corrected chi connectivity index (χ1v) is 8.18. The second kappa shape index (κ2) is 6.90. The number of unbranched alkanes of at least 4 members (excludes halogenated alkanes) is 1. The molecule has 0 bridgehead atoms. The van der Waals surface area contributed by atoms with E-state index in [4.69, 9.17) is 4.74 Å². The average molecular weight is 282 g/mol. The van der Waals surface area contributed by atoms with Crippen LogP contribution in [0.1, 0.15) is 52.9 Å². The fourth-order valence-electron chi connectivity index (χ4n) is 3.16. The monoisotopic (exact) mass is 282 g/mol. The van der Waals surface area contributed by atoms with Crippen LogP contribution in [0.25, 0.3) is 0 Å². The molecule has 0 spiro atoms. The predicted octanol–water partition coefficient (Wildman–Crippen LogP) is 2.09. The number of piperidine rings is 1. The van der Waals surface area contributed by atoms with E-state index in [1.54, 1.807) is 0 Å². The lowest BCUT2D eigenvalue weighted by Crippen LogP contribution is -2.63. The molecule has 0 radical (unpaired) electrons. The van der Waals surface area contributed by atoms with Crippen LogP contribution in [-0.2, 0) is 9.53 Å². The van der Waals surface area contributed by atoms with E-state index < -0.39 is 0 Å². The predicted molar refractivity (Wildman–Crippen MR) is 80.6 cm³/mol. The maximum Gasteiger partial charge on any atom is 0.223 e. The summed E-state index contributed by atoms with van der Waals surface area (Å²) >= 11 is 0. The molecule has 20 heavy (non-hydrogen) atoms. The average Bonchev–Trinajstić information content (AvgIpc) is 2.46. The van der Waals surface area contributed by atoms with Crippen LogP contribution in [-0.4, -0.2) is 37.7 Å². The molecule has 0 aromatic carbocycles. The van der Waals surface area contributed by atoms with Crippen molar-refractivity contribution in [3.63, 3.8) is 0 Å². The van der Waals surface area contributed by atoms with Crippen LogP contribution in [0.15, 0.2) is 0 Å². The fraction of sp³-hybridized carbons (Fsp3) is 0.938. The van der Waals surface area contributed by atoms with Gasteiger partial charge in [0.2, 0.25) is 5.91 Å². The molecule has 2 atom stereocenters. The van der Waals surface area contributed by atoms with Gasteiger partial charge in [-0.15, -0.1) is 0 Å². The molecule has 1 saturated carbocycles. The zero-order chi connectivity index (χ0) is 14.6. The van der Waals surface area contributed by atoms with Gasteiger partial charge in [0.1, 0.15) is 0 Å². The number of carbonyl (C=O) groups excluding carboxylic acids is 1. The normalized spacial score (nSPS) is 29.8. The molecule has 1 amide bonds. The standard InChI is InChI=1S/C16H30N2O2/c1-4-5-10-20-14-11-13(16(14,2)3)18-15(19)12-6-8-17-9-7-12/h12-14,17H,4-11H2,1-3H3,(H,18,19). The molecule has 4 nitrogen and oxygen atoms in total. The van der Waals surface area contributed by atoms with Crippen LogP contribution < -0.4 is 10.6 Å². The second-order valence-electron chi connectivity index (χ2n) is 6.86. The highest BCUT2D eigenvalue weighted by atomic mass is 16.5. The van der Waals surface area contributed by atoms with Gasteiger partial charge in [0, 0.05) is 24.0 Å². The van der Waals surface area contributed by atoms with Crippen molar-refractivity contribution in [3.8, 4) is 0 Å². The van der Waals surface area contributed by atoms with Crippen molar-refractivity contribution < 1.29 is 9.53 Å². The summed E-state index contributed by atoms with van der Waals surface area (Å²) in [5.74, 6) is 0.448. The third-order valence-electron chi connectivity index (χ3n) is 5.02. The Kier molecular flexibility index (Phi) is 5.44. The molecule has 116 valence electrons. The smallest absolute Gasteiger partial charge is 0.223 e. The van der Waals surface area contributed by atoms with E-state index in [2.05, 4.69) is 31.4 Å². The van der Waals surface area contributed by atoms with Crippen molar-refractivity contribution in [2.75, 3.05) is 19.7 Å². The number of ether oxygens (including phenoxy) is 1. The molecular formula is C16H30N2O2. The fourth-order valence-corrected chi connectivity index (χ4v) is 3.16. The van der Waals surface area contributed by atoms with Gasteiger partial charge in [0.25, 0.3) is 0 Å². The van der Waals surface area contributed by atoms with E-state index in [1.807, 2.05) is 0 Å². The number of carbonyl (C=O) groups is 1. The van der Waals surface area contributed by atoms with Crippen LogP contribution in [0, 0.1) is 11.3 Å². The molecule has 0 aromatic rings. The van der Waals surface area contributed by atoms with Gasteiger partial charge < -0.3 is 15.4 Å². The third-order valence-corrected chi connectivity index (χ3v) is 5.02. The Morgan fingerprint density at radius 1 is 1.35 bits per heavy atom. The van der Waals surface area contributed by atoms with Crippen LogP contribution >= 0.6 is 0 Å². The summed E-state index contributed by atoms with van der Waals surface area (Å²) in [4.78, 5) is 12.3. The van der Waals surface area contributed by atoms with Gasteiger partial charge >= 0.3 is 0 Å². The zero-order valence-electron chi connectivity index (χ0n) is 13.2. The number of hydrogen-bond acceptors (Lipinski definition) is 3. The van der Waals surface area contributed by atoms with Crippen molar-refractivity contribution in [1.29, 1.82) is 0 Å². The number of hydrogen-bond donors (Lipinski definition) is 2. The van der Waals surface area contributed by atoms with Gasteiger partial charge in [-0.3, -0.25) is 4.79 Å². The van der Waals surface area contributed by atoms with Crippen molar-refractivity contribution in [3.05, 3.63) is 0 Å². The Morgan fingerprint density at radius 2 is 2.05 bits per heavy atom. The minimum absolute atomic E-state index is 0.0658. The summed E-state index contributed by atoms with van der Waals surface area (Å²) in [5, 5.41) is 6.55. The summed E-state index contributed by atoms with van der Waals surface area (Å²) < 4.78 is 5.93. The van der Waals surface area contributed by atoms with Crippen molar-refractivity contribution in [1.82, 2.24) is 10.6 Å². The summed E-state index contributed by atoms with van der Waals surface area (Å²) in [5.41, 5.74) is 0.0658. The van der Waals surface area contributed by atoms with Gasteiger partial charge in [0.05, 0.1) is 6.10 Å². The summed E-state index contributed by atoms with van der Waals surface area (Å²) in [6.45, 7) is 9.38. The highest BCUT2D eigenvalue weighted by Gasteiger charge is 2.49. The number of amides is 1. The molecule has 2 N–H and O–H groups in total. The largest absolute Gasteiger partial charge is 0.378 e. The van der Waals surface area contributed by atoms with Crippen LogP contribution in [0.3, 0.4) is 0 Å². The Balaban J connectivity index is 1.75. The summed E-state index contributed by atoms with van der Waals surface area (Å²) in [6, 6.07) is 0.275. The van der Waals surface area contributed by atoms with Crippen molar-refractivity contribution in [2.45, 2.75) is 65.0 Å². The number of nitrogens with one attached hydrogen (secondary N) is 2. The third kappa shape index (κ3) is 3.53. The Bertz CT molecular complexity index is 324. The van der Waals surface area contributed by atoms with E-state index >= 15 is 0 Å². The van der Waals surface area contributed by atoms with E-state index in [9.17, 15) is 4.79 Å². The van der Waals surface area contributed by atoms with Gasteiger partial charge in [0.15, 0.2) is 0 Å². The summed E-state index contributed by atoms with van der Waals surface area (Å²) in [6.07, 6.45) is 5.49. The maximum absolute atomic E-state index is 12.3. The Hall–Kier alpha value is -0.610.